The second kappa shape index (κ2) is 9.07. The highest BCUT2D eigenvalue weighted by molar-refractivity contribution is 14.0. The van der Waals surface area contributed by atoms with Gasteiger partial charge >= 0.3 is 6.18 Å². The van der Waals surface area contributed by atoms with Gasteiger partial charge in [-0.2, -0.15) is 13.2 Å². The molecule has 26 heavy (non-hydrogen) atoms. The summed E-state index contributed by atoms with van der Waals surface area (Å²) in [6, 6.07) is 0. The van der Waals surface area contributed by atoms with Crippen molar-refractivity contribution in [2.24, 2.45) is 10.4 Å². The summed E-state index contributed by atoms with van der Waals surface area (Å²) in [5.74, 6) is 0.857. The van der Waals surface area contributed by atoms with Crippen LogP contribution < -0.4 is 5.32 Å². The standard InChI is InChI=1S/C17H25F3N4S.HI/c1-21-15(24-10-8-16(12-24)6-3-2-4-7-16)22-9-5-14-23-13(11-25-14)17(18,19)20;/h11H,2-10,12H2,1H3,(H,21,22);1H. The van der Waals surface area contributed by atoms with E-state index in [1.807, 2.05) is 0 Å². The van der Waals surface area contributed by atoms with Crippen LogP contribution in [-0.2, 0) is 12.6 Å². The Labute approximate surface area is 173 Å². The molecule has 1 N–H and O–H groups in total. The number of alkyl halides is 3. The number of aliphatic imine (C=N–C) groups is 1. The number of aromatic nitrogens is 1. The Kier molecular flexibility index (Phi) is 7.58. The van der Waals surface area contributed by atoms with Crippen molar-refractivity contribution in [3.05, 3.63) is 16.1 Å². The van der Waals surface area contributed by atoms with Gasteiger partial charge in [0.2, 0.25) is 0 Å². The van der Waals surface area contributed by atoms with Crippen LogP contribution in [0.1, 0.15) is 49.2 Å². The van der Waals surface area contributed by atoms with E-state index in [-0.39, 0.29) is 24.0 Å². The van der Waals surface area contributed by atoms with Gasteiger partial charge < -0.3 is 10.2 Å². The molecule has 2 fully saturated rings. The number of nitrogens with zero attached hydrogens (tertiary/aromatic N) is 3. The Morgan fingerprint density at radius 2 is 2.04 bits per heavy atom. The zero-order chi connectivity index (χ0) is 17.9. The monoisotopic (exact) mass is 502 g/mol. The third-order valence-electron chi connectivity index (χ3n) is 5.33. The number of rotatable bonds is 3. The van der Waals surface area contributed by atoms with Crippen molar-refractivity contribution in [3.8, 4) is 0 Å². The van der Waals surface area contributed by atoms with Crippen LogP contribution in [0.5, 0.6) is 0 Å². The van der Waals surface area contributed by atoms with E-state index in [4.69, 9.17) is 0 Å². The minimum absolute atomic E-state index is 0. The minimum Gasteiger partial charge on any atom is -0.356 e. The summed E-state index contributed by atoms with van der Waals surface area (Å²) in [5.41, 5.74) is -0.345. The second-order valence-electron chi connectivity index (χ2n) is 7.08. The van der Waals surface area contributed by atoms with Crippen LogP contribution in [-0.4, -0.2) is 42.5 Å². The van der Waals surface area contributed by atoms with Crippen molar-refractivity contribution in [1.29, 1.82) is 0 Å². The van der Waals surface area contributed by atoms with Crippen molar-refractivity contribution >= 4 is 41.3 Å². The van der Waals surface area contributed by atoms with Crippen LogP contribution in [0.2, 0.25) is 0 Å². The lowest BCUT2D eigenvalue weighted by molar-refractivity contribution is -0.140. The molecule has 1 aromatic heterocycles. The van der Waals surface area contributed by atoms with Gasteiger partial charge in [-0.15, -0.1) is 35.3 Å². The molecule has 1 aliphatic heterocycles. The Morgan fingerprint density at radius 1 is 1.31 bits per heavy atom. The number of halogens is 4. The summed E-state index contributed by atoms with van der Waals surface area (Å²) in [5, 5.41) is 4.87. The van der Waals surface area contributed by atoms with Crippen LogP contribution in [0.4, 0.5) is 13.2 Å². The molecule has 3 rings (SSSR count). The normalized spacial score (nSPS) is 20.3. The molecule has 1 saturated carbocycles. The van der Waals surface area contributed by atoms with E-state index < -0.39 is 11.9 Å². The lowest BCUT2D eigenvalue weighted by Crippen LogP contribution is -2.42. The SMILES string of the molecule is CN=C(NCCc1nc(C(F)(F)F)cs1)N1CCC2(CCCCC2)C1.I. The van der Waals surface area contributed by atoms with Crippen LogP contribution in [0.15, 0.2) is 10.4 Å². The van der Waals surface area contributed by atoms with Crippen LogP contribution in [0.3, 0.4) is 0 Å². The molecule has 2 heterocycles. The Morgan fingerprint density at radius 3 is 2.65 bits per heavy atom. The molecular formula is C17H26F3IN4S. The number of guanidine groups is 1. The summed E-state index contributed by atoms with van der Waals surface area (Å²) < 4.78 is 37.8. The molecule has 0 aromatic carbocycles. The number of likely N-dealkylation sites (tertiary alicyclic amines) is 1. The van der Waals surface area contributed by atoms with Crippen LogP contribution in [0.25, 0.3) is 0 Å². The highest BCUT2D eigenvalue weighted by atomic mass is 127. The lowest BCUT2D eigenvalue weighted by atomic mass is 9.73. The predicted octanol–water partition coefficient (Wildman–Crippen LogP) is 4.55. The summed E-state index contributed by atoms with van der Waals surface area (Å²) in [6.07, 6.45) is 3.94. The van der Waals surface area contributed by atoms with Gasteiger partial charge in [0, 0.05) is 38.5 Å². The number of hydrogen-bond acceptors (Lipinski definition) is 3. The van der Waals surface area contributed by atoms with E-state index in [1.54, 1.807) is 7.05 Å². The number of nitrogens with one attached hydrogen (secondary N) is 1. The van der Waals surface area contributed by atoms with Crippen molar-refractivity contribution < 1.29 is 13.2 Å². The van der Waals surface area contributed by atoms with Gasteiger partial charge in [0.25, 0.3) is 0 Å². The quantitative estimate of drug-likeness (QED) is 0.375. The molecule has 9 heteroatoms. The van der Waals surface area contributed by atoms with E-state index in [0.717, 1.165) is 35.8 Å². The Hall–Kier alpha value is -0.580. The molecule has 148 valence electrons. The van der Waals surface area contributed by atoms with Gasteiger partial charge in [-0.25, -0.2) is 4.98 Å². The zero-order valence-corrected chi connectivity index (χ0v) is 18.1. The largest absolute Gasteiger partial charge is 0.434 e. The van der Waals surface area contributed by atoms with Gasteiger partial charge in [0.1, 0.15) is 0 Å². The van der Waals surface area contributed by atoms with Crippen molar-refractivity contribution in [1.82, 2.24) is 15.2 Å². The van der Waals surface area contributed by atoms with Gasteiger partial charge in [-0.05, 0) is 24.7 Å². The Bertz CT molecular complexity index is 611. The molecule has 0 atom stereocenters. The smallest absolute Gasteiger partial charge is 0.356 e. The zero-order valence-electron chi connectivity index (χ0n) is 14.9. The Balaban J connectivity index is 0.00000243. The first kappa shape index (κ1) is 21.7. The molecule has 1 saturated heterocycles. The van der Waals surface area contributed by atoms with Crippen molar-refractivity contribution in [2.45, 2.75) is 51.1 Å². The first-order valence-electron chi connectivity index (χ1n) is 8.89. The lowest BCUT2D eigenvalue weighted by Gasteiger charge is -2.33. The average molecular weight is 502 g/mol. The second-order valence-corrected chi connectivity index (χ2v) is 8.02. The maximum Gasteiger partial charge on any atom is 0.434 e. The molecule has 1 spiro atoms. The first-order chi connectivity index (χ1) is 11.9. The highest BCUT2D eigenvalue weighted by Gasteiger charge is 2.39. The van der Waals surface area contributed by atoms with Crippen molar-refractivity contribution in [3.63, 3.8) is 0 Å². The van der Waals surface area contributed by atoms with Gasteiger partial charge in [0.05, 0.1) is 5.01 Å². The fourth-order valence-electron chi connectivity index (χ4n) is 4.00. The van der Waals surface area contributed by atoms with Gasteiger partial charge in [0.15, 0.2) is 11.7 Å². The van der Waals surface area contributed by atoms with Crippen LogP contribution in [0, 0.1) is 5.41 Å². The maximum atomic E-state index is 12.6. The van der Waals surface area contributed by atoms with Gasteiger partial charge in [-0.1, -0.05) is 19.3 Å². The molecule has 0 bridgehead atoms. The van der Waals surface area contributed by atoms with Crippen molar-refractivity contribution in [2.75, 3.05) is 26.7 Å². The fourth-order valence-corrected chi connectivity index (χ4v) is 4.80. The molecule has 1 aliphatic carbocycles. The summed E-state index contributed by atoms with van der Waals surface area (Å²) in [6.45, 7) is 2.60. The highest BCUT2D eigenvalue weighted by Crippen LogP contribution is 2.43. The molecule has 1 aromatic rings. The molecule has 0 unspecified atom stereocenters. The van der Waals surface area contributed by atoms with Crippen LogP contribution >= 0.6 is 35.3 Å². The number of hydrogen-bond donors (Lipinski definition) is 1. The summed E-state index contributed by atoms with van der Waals surface area (Å²) >= 11 is 1.06. The summed E-state index contributed by atoms with van der Waals surface area (Å²) in [4.78, 5) is 10.3. The molecule has 2 aliphatic rings. The number of thiazole rings is 1. The molecule has 4 nitrogen and oxygen atoms in total. The van der Waals surface area contributed by atoms with E-state index in [9.17, 15) is 13.2 Å². The third-order valence-corrected chi connectivity index (χ3v) is 6.24. The van der Waals surface area contributed by atoms with Gasteiger partial charge in [-0.3, -0.25) is 4.99 Å². The third kappa shape index (κ3) is 5.24. The average Bonchev–Trinajstić information content (AvgIpc) is 3.20. The summed E-state index contributed by atoms with van der Waals surface area (Å²) in [7, 11) is 1.76. The maximum absolute atomic E-state index is 12.6. The predicted molar refractivity (Wildman–Crippen MR) is 109 cm³/mol. The molecule has 0 amide bonds. The molecule has 0 radical (unpaired) electrons. The van der Waals surface area contributed by atoms with E-state index in [2.05, 4.69) is 20.2 Å². The minimum atomic E-state index is -4.36. The topological polar surface area (TPSA) is 40.5 Å². The molecular weight excluding hydrogens is 476 g/mol. The van der Waals surface area contributed by atoms with E-state index >= 15 is 0 Å². The van der Waals surface area contributed by atoms with E-state index in [1.165, 1.54) is 38.5 Å². The van der Waals surface area contributed by atoms with E-state index in [0.29, 0.717) is 23.4 Å². The fraction of sp³-hybridized carbons (Fsp3) is 0.765. The first-order valence-corrected chi connectivity index (χ1v) is 9.77.